The lowest BCUT2D eigenvalue weighted by Gasteiger charge is -2.32. The molecule has 1 aromatic carbocycles. The van der Waals surface area contributed by atoms with Crippen LogP contribution in [0.15, 0.2) is 34.2 Å². The number of sulfonamides is 1. The zero-order valence-electron chi connectivity index (χ0n) is 16.7. The second-order valence-corrected chi connectivity index (χ2v) is 9.27. The number of aliphatic imine (C=N–C) groups is 1. The van der Waals surface area contributed by atoms with Gasteiger partial charge in [-0.3, -0.25) is 4.99 Å². The topological polar surface area (TPSA) is 77.0 Å². The zero-order valence-corrected chi connectivity index (χ0v) is 19.9. The average Bonchev–Trinajstić information content (AvgIpc) is 3.19. The highest BCUT2D eigenvalue weighted by atomic mass is 127. The maximum atomic E-state index is 13.1. The quantitative estimate of drug-likeness (QED) is 0.352. The molecule has 7 nitrogen and oxygen atoms in total. The normalized spacial score (nSPS) is 20.0. The molecule has 2 N–H and O–H groups in total. The Labute approximate surface area is 186 Å². The third-order valence-corrected chi connectivity index (χ3v) is 7.42. The van der Waals surface area contributed by atoms with E-state index < -0.39 is 10.0 Å². The monoisotopic (exact) mass is 521 g/mol. The van der Waals surface area contributed by atoms with Crippen molar-refractivity contribution in [1.29, 1.82) is 0 Å². The van der Waals surface area contributed by atoms with Gasteiger partial charge in [0.1, 0.15) is 0 Å². The van der Waals surface area contributed by atoms with Crippen LogP contribution in [-0.4, -0.2) is 69.9 Å². The Kier molecular flexibility index (Phi) is 8.97. The van der Waals surface area contributed by atoms with Crippen LogP contribution in [0.2, 0.25) is 0 Å². The van der Waals surface area contributed by atoms with Crippen molar-refractivity contribution in [1.82, 2.24) is 19.8 Å². The summed E-state index contributed by atoms with van der Waals surface area (Å²) < 4.78 is 27.9. The van der Waals surface area contributed by atoms with Gasteiger partial charge in [-0.2, -0.15) is 4.31 Å². The molecule has 2 fully saturated rings. The predicted octanol–water partition coefficient (Wildman–Crippen LogP) is 1.85. The van der Waals surface area contributed by atoms with E-state index in [2.05, 4.69) is 20.5 Å². The highest BCUT2D eigenvalue weighted by Gasteiger charge is 2.29. The first-order chi connectivity index (χ1) is 13.0. The van der Waals surface area contributed by atoms with Crippen molar-refractivity contribution in [3.8, 4) is 0 Å². The fourth-order valence-electron chi connectivity index (χ4n) is 3.71. The van der Waals surface area contributed by atoms with Gasteiger partial charge in [-0.1, -0.05) is 31.0 Å². The summed E-state index contributed by atoms with van der Waals surface area (Å²) in [5, 5.41) is 6.72. The molecule has 9 heteroatoms. The average molecular weight is 521 g/mol. The summed E-state index contributed by atoms with van der Waals surface area (Å²) in [5.41, 5.74) is 0.769. The van der Waals surface area contributed by atoms with Crippen LogP contribution in [0.5, 0.6) is 0 Å². The van der Waals surface area contributed by atoms with Crippen molar-refractivity contribution < 1.29 is 8.42 Å². The number of guanidine groups is 1. The molecule has 1 heterocycles. The number of likely N-dealkylation sites (N-methyl/N-ethyl adjacent to an activating group) is 1. The largest absolute Gasteiger partial charge is 0.354 e. The summed E-state index contributed by atoms with van der Waals surface area (Å²) in [6, 6.07) is 7.71. The molecule has 3 rings (SSSR count). The minimum absolute atomic E-state index is 0. The number of hydrogen-bond acceptors (Lipinski definition) is 4. The van der Waals surface area contributed by atoms with Gasteiger partial charge in [-0.25, -0.2) is 8.42 Å². The summed E-state index contributed by atoms with van der Waals surface area (Å²) in [6.07, 6.45) is 4.83. The molecule has 0 bridgehead atoms. The Balaban J connectivity index is 0.00000280. The molecule has 0 amide bonds. The zero-order chi connectivity index (χ0) is 19.3. The maximum Gasteiger partial charge on any atom is 0.243 e. The molecule has 1 aromatic rings. The van der Waals surface area contributed by atoms with E-state index in [1.807, 2.05) is 19.2 Å². The number of piperazine rings is 1. The van der Waals surface area contributed by atoms with E-state index in [-0.39, 0.29) is 24.0 Å². The molecule has 1 aliphatic heterocycles. The molecular formula is C19H32IN5O2S. The number of nitrogens with one attached hydrogen (secondary N) is 2. The number of hydrogen-bond donors (Lipinski definition) is 2. The van der Waals surface area contributed by atoms with E-state index in [4.69, 9.17) is 0 Å². The Bertz CT molecular complexity index is 757. The Hall–Kier alpha value is -0.910. The molecule has 158 valence electrons. The second kappa shape index (κ2) is 10.7. The fraction of sp³-hybridized carbons (Fsp3) is 0.632. The van der Waals surface area contributed by atoms with E-state index >= 15 is 0 Å². The lowest BCUT2D eigenvalue weighted by molar-refractivity contribution is 0.222. The molecule has 0 radical (unpaired) electrons. The summed E-state index contributed by atoms with van der Waals surface area (Å²) in [6.45, 7) is 3.02. The van der Waals surface area contributed by atoms with Crippen LogP contribution < -0.4 is 10.6 Å². The third kappa shape index (κ3) is 5.80. The van der Waals surface area contributed by atoms with E-state index in [9.17, 15) is 8.42 Å². The van der Waals surface area contributed by atoms with Gasteiger partial charge in [0.2, 0.25) is 10.0 Å². The molecule has 28 heavy (non-hydrogen) atoms. The summed E-state index contributed by atoms with van der Waals surface area (Å²) in [5.74, 6) is 0.730. The first-order valence-corrected chi connectivity index (χ1v) is 11.2. The van der Waals surface area contributed by atoms with Crippen molar-refractivity contribution >= 4 is 40.0 Å². The smallest absolute Gasteiger partial charge is 0.243 e. The minimum Gasteiger partial charge on any atom is -0.354 e. The Morgan fingerprint density at radius 3 is 2.43 bits per heavy atom. The minimum atomic E-state index is -3.49. The molecule has 0 aromatic heterocycles. The fourth-order valence-corrected chi connectivity index (χ4v) is 5.35. The van der Waals surface area contributed by atoms with Gasteiger partial charge >= 0.3 is 0 Å². The lowest BCUT2D eigenvalue weighted by atomic mass is 10.2. The van der Waals surface area contributed by atoms with Gasteiger partial charge in [0, 0.05) is 45.8 Å². The van der Waals surface area contributed by atoms with Gasteiger partial charge < -0.3 is 15.5 Å². The number of rotatable bonds is 5. The van der Waals surface area contributed by atoms with E-state index in [0.29, 0.717) is 30.6 Å². The van der Waals surface area contributed by atoms with E-state index in [0.717, 1.165) is 37.5 Å². The molecule has 0 atom stereocenters. The van der Waals surface area contributed by atoms with Crippen molar-refractivity contribution in [2.45, 2.75) is 43.2 Å². The number of nitrogens with zero attached hydrogens (tertiary/aromatic N) is 3. The summed E-state index contributed by atoms with van der Waals surface area (Å²) in [7, 11) is 0.279. The van der Waals surface area contributed by atoms with E-state index in [1.54, 1.807) is 23.5 Å². The van der Waals surface area contributed by atoms with Crippen LogP contribution in [0, 0.1) is 0 Å². The molecule has 0 spiro atoms. The van der Waals surface area contributed by atoms with Crippen molar-refractivity contribution in [3.63, 3.8) is 0 Å². The van der Waals surface area contributed by atoms with Crippen LogP contribution in [0.4, 0.5) is 0 Å². The first-order valence-electron chi connectivity index (χ1n) is 9.74. The molecule has 1 aliphatic carbocycles. The van der Waals surface area contributed by atoms with Gasteiger partial charge in [-0.05, 0) is 31.5 Å². The SMILES string of the molecule is CN=C(NCc1ccccc1S(=O)(=O)N1CCN(C)CC1)NC1CCCC1.I. The maximum absolute atomic E-state index is 13.1. The van der Waals surface area contributed by atoms with Crippen LogP contribution in [0.3, 0.4) is 0 Å². The lowest BCUT2D eigenvalue weighted by Crippen LogP contribution is -2.47. The highest BCUT2D eigenvalue weighted by Crippen LogP contribution is 2.21. The number of halogens is 1. The van der Waals surface area contributed by atoms with Gasteiger partial charge in [0.05, 0.1) is 4.90 Å². The molecular weight excluding hydrogens is 489 g/mol. The Morgan fingerprint density at radius 1 is 1.14 bits per heavy atom. The standard InChI is InChI=1S/C19H31N5O2S.HI/c1-20-19(22-17-8-4-5-9-17)21-15-16-7-3-6-10-18(16)27(25,26)24-13-11-23(2)12-14-24;/h3,6-7,10,17H,4-5,8-9,11-15H2,1-2H3,(H2,20,21,22);1H. The van der Waals surface area contributed by atoms with Crippen LogP contribution in [0.25, 0.3) is 0 Å². The Morgan fingerprint density at radius 2 is 1.79 bits per heavy atom. The third-order valence-electron chi connectivity index (χ3n) is 5.42. The van der Waals surface area contributed by atoms with Gasteiger partial charge in [0.15, 0.2) is 5.96 Å². The number of benzene rings is 1. The van der Waals surface area contributed by atoms with Gasteiger partial charge in [0.25, 0.3) is 0 Å². The molecule has 1 saturated carbocycles. The second-order valence-electron chi connectivity index (χ2n) is 7.37. The van der Waals surface area contributed by atoms with E-state index in [1.165, 1.54) is 12.8 Å². The van der Waals surface area contributed by atoms with Crippen molar-refractivity contribution in [2.75, 3.05) is 40.3 Å². The highest BCUT2D eigenvalue weighted by molar-refractivity contribution is 14.0. The van der Waals surface area contributed by atoms with Crippen LogP contribution >= 0.6 is 24.0 Å². The summed E-state index contributed by atoms with van der Waals surface area (Å²) in [4.78, 5) is 6.82. The molecule has 2 aliphatic rings. The predicted molar refractivity (Wildman–Crippen MR) is 124 cm³/mol. The van der Waals surface area contributed by atoms with Crippen molar-refractivity contribution in [2.24, 2.45) is 4.99 Å². The molecule has 0 unspecified atom stereocenters. The summed E-state index contributed by atoms with van der Waals surface area (Å²) >= 11 is 0. The first kappa shape index (κ1) is 23.4. The molecule has 1 saturated heterocycles. The van der Waals surface area contributed by atoms with Crippen LogP contribution in [0.1, 0.15) is 31.2 Å². The van der Waals surface area contributed by atoms with Gasteiger partial charge in [-0.15, -0.1) is 24.0 Å². The van der Waals surface area contributed by atoms with Crippen LogP contribution in [-0.2, 0) is 16.6 Å². The van der Waals surface area contributed by atoms with Crippen molar-refractivity contribution in [3.05, 3.63) is 29.8 Å².